The van der Waals surface area contributed by atoms with Crippen molar-refractivity contribution in [1.82, 2.24) is 0 Å². The molecule has 2 aromatic rings. The SMILES string of the molecule is O=C(Nc1ccc2c(c1)OC1(CCCC1)O2)c1cc(Cl)ccc1Cl. The molecule has 24 heavy (non-hydrogen) atoms. The highest BCUT2D eigenvalue weighted by molar-refractivity contribution is 6.36. The number of carbonyl (C=O) groups excluding carboxylic acids is 1. The highest BCUT2D eigenvalue weighted by Gasteiger charge is 2.44. The van der Waals surface area contributed by atoms with Gasteiger partial charge in [-0.25, -0.2) is 0 Å². The van der Waals surface area contributed by atoms with Gasteiger partial charge in [0.1, 0.15) is 0 Å². The molecule has 0 saturated heterocycles. The average Bonchev–Trinajstić information content (AvgIpc) is 3.15. The van der Waals surface area contributed by atoms with Crippen molar-refractivity contribution in [2.45, 2.75) is 31.5 Å². The largest absolute Gasteiger partial charge is 0.448 e. The summed E-state index contributed by atoms with van der Waals surface area (Å²) in [5.41, 5.74) is 0.947. The van der Waals surface area contributed by atoms with Crippen LogP contribution in [-0.2, 0) is 0 Å². The number of hydrogen-bond acceptors (Lipinski definition) is 3. The summed E-state index contributed by atoms with van der Waals surface area (Å²) in [7, 11) is 0. The number of benzene rings is 2. The second kappa shape index (κ2) is 5.87. The summed E-state index contributed by atoms with van der Waals surface area (Å²) in [5, 5.41) is 3.62. The fourth-order valence-electron chi connectivity index (χ4n) is 3.16. The Kier molecular flexibility index (Phi) is 3.82. The molecule has 2 aliphatic rings. The maximum atomic E-state index is 12.4. The predicted octanol–water partition coefficient (Wildman–Crippen LogP) is 5.29. The zero-order valence-corrected chi connectivity index (χ0v) is 14.3. The molecule has 1 amide bonds. The first-order valence-corrected chi connectivity index (χ1v) is 8.59. The molecule has 1 aliphatic carbocycles. The molecule has 124 valence electrons. The van der Waals surface area contributed by atoms with Crippen LogP contribution < -0.4 is 14.8 Å². The Morgan fingerprint density at radius 3 is 2.54 bits per heavy atom. The van der Waals surface area contributed by atoms with Gasteiger partial charge in [-0.3, -0.25) is 4.79 Å². The molecule has 1 heterocycles. The van der Waals surface area contributed by atoms with E-state index in [1.807, 2.05) is 6.07 Å². The Morgan fingerprint density at radius 2 is 1.75 bits per heavy atom. The molecule has 0 radical (unpaired) electrons. The second-order valence-corrected chi connectivity index (χ2v) is 6.91. The predicted molar refractivity (Wildman–Crippen MR) is 93.3 cm³/mol. The van der Waals surface area contributed by atoms with Gasteiger partial charge < -0.3 is 14.8 Å². The van der Waals surface area contributed by atoms with E-state index in [-0.39, 0.29) is 5.91 Å². The maximum absolute atomic E-state index is 12.4. The van der Waals surface area contributed by atoms with Crippen LogP contribution in [0.2, 0.25) is 10.0 Å². The van der Waals surface area contributed by atoms with Crippen molar-refractivity contribution in [3.05, 3.63) is 52.0 Å². The topological polar surface area (TPSA) is 47.6 Å². The van der Waals surface area contributed by atoms with Crippen LogP contribution in [0.5, 0.6) is 11.5 Å². The minimum absolute atomic E-state index is 0.322. The van der Waals surface area contributed by atoms with E-state index in [2.05, 4.69) is 5.32 Å². The van der Waals surface area contributed by atoms with Crippen molar-refractivity contribution >= 4 is 34.8 Å². The Bertz CT molecular complexity index is 816. The van der Waals surface area contributed by atoms with Gasteiger partial charge in [0.05, 0.1) is 10.6 Å². The van der Waals surface area contributed by atoms with Crippen LogP contribution in [0, 0.1) is 0 Å². The van der Waals surface area contributed by atoms with E-state index >= 15 is 0 Å². The van der Waals surface area contributed by atoms with E-state index in [9.17, 15) is 4.79 Å². The number of carbonyl (C=O) groups is 1. The highest BCUT2D eigenvalue weighted by Crippen LogP contribution is 2.47. The fourth-order valence-corrected chi connectivity index (χ4v) is 3.53. The van der Waals surface area contributed by atoms with Crippen LogP contribution in [0.25, 0.3) is 0 Å². The molecule has 1 fully saturated rings. The molecule has 0 atom stereocenters. The highest BCUT2D eigenvalue weighted by atomic mass is 35.5. The van der Waals surface area contributed by atoms with Gasteiger partial charge in [-0.05, 0) is 43.2 Å². The first kappa shape index (κ1) is 15.6. The summed E-state index contributed by atoms with van der Waals surface area (Å²) in [6, 6.07) is 10.2. The zero-order valence-electron chi connectivity index (χ0n) is 12.8. The van der Waals surface area contributed by atoms with E-state index < -0.39 is 5.79 Å². The molecule has 4 nitrogen and oxygen atoms in total. The van der Waals surface area contributed by atoms with Crippen molar-refractivity contribution in [2.75, 3.05) is 5.32 Å². The molecule has 0 aromatic heterocycles. The van der Waals surface area contributed by atoms with Crippen molar-refractivity contribution in [1.29, 1.82) is 0 Å². The van der Waals surface area contributed by atoms with Gasteiger partial charge in [-0.15, -0.1) is 0 Å². The van der Waals surface area contributed by atoms with Gasteiger partial charge in [0.25, 0.3) is 11.7 Å². The van der Waals surface area contributed by atoms with E-state index in [0.29, 0.717) is 27.0 Å². The number of ether oxygens (including phenoxy) is 2. The van der Waals surface area contributed by atoms with E-state index in [0.717, 1.165) is 31.4 Å². The molecule has 1 aliphatic heterocycles. The summed E-state index contributed by atoms with van der Waals surface area (Å²) in [4.78, 5) is 12.4. The van der Waals surface area contributed by atoms with Crippen molar-refractivity contribution in [3.8, 4) is 11.5 Å². The third-order valence-electron chi connectivity index (χ3n) is 4.33. The third-order valence-corrected chi connectivity index (χ3v) is 4.90. The number of amides is 1. The number of anilines is 1. The molecule has 1 N–H and O–H groups in total. The van der Waals surface area contributed by atoms with E-state index in [1.54, 1.807) is 30.3 Å². The summed E-state index contributed by atoms with van der Waals surface area (Å²) in [6.45, 7) is 0. The lowest BCUT2D eigenvalue weighted by Gasteiger charge is -2.21. The van der Waals surface area contributed by atoms with Gasteiger partial charge >= 0.3 is 0 Å². The number of nitrogens with one attached hydrogen (secondary N) is 1. The van der Waals surface area contributed by atoms with E-state index in [1.165, 1.54) is 0 Å². The lowest BCUT2D eigenvalue weighted by Crippen LogP contribution is -2.34. The molecule has 1 saturated carbocycles. The third kappa shape index (κ3) is 2.80. The molecular weight excluding hydrogens is 349 g/mol. The molecule has 4 rings (SSSR count). The van der Waals surface area contributed by atoms with Gasteiger partial charge in [0, 0.05) is 29.6 Å². The van der Waals surface area contributed by atoms with Crippen LogP contribution in [0.15, 0.2) is 36.4 Å². The van der Waals surface area contributed by atoms with Crippen LogP contribution >= 0.6 is 23.2 Å². The molecular formula is C18H15Cl2NO3. The molecule has 0 bridgehead atoms. The van der Waals surface area contributed by atoms with Crippen molar-refractivity contribution in [2.24, 2.45) is 0 Å². The first-order chi connectivity index (χ1) is 11.5. The second-order valence-electron chi connectivity index (χ2n) is 6.06. The normalized spacial score (nSPS) is 17.2. The number of halogens is 2. The van der Waals surface area contributed by atoms with Crippen LogP contribution in [0.1, 0.15) is 36.0 Å². The van der Waals surface area contributed by atoms with Gasteiger partial charge in [-0.2, -0.15) is 0 Å². The smallest absolute Gasteiger partial charge is 0.257 e. The number of fused-ring (bicyclic) bond motifs is 1. The Hall–Kier alpha value is -1.91. The standard InChI is InChI=1S/C18H15Cl2NO3/c19-11-3-5-14(20)13(9-11)17(22)21-12-4-6-15-16(10-12)24-18(23-15)7-1-2-8-18/h3-6,9-10H,1-2,7-8H2,(H,21,22). The minimum atomic E-state index is -0.513. The fraction of sp³-hybridized carbons (Fsp3) is 0.278. The van der Waals surface area contributed by atoms with Crippen LogP contribution in [-0.4, -0.2) is 11.7 Å². The monoisotopic (exact) mass is 363 g/mol. The van der Waals surface area contributed by atoms with Gasteiger partial charge in [0.2, 0.25) is 0 Å². The van der Waals surface area contributed by atoms with Crippen LogP contribution in [0.3, 0.4) is 0 Å². The summed E-state index contributed by atoms with van der Waals surface area (Å²) in [6.07, 6.45) is 3.98. The Morgan fingerprint density at radius 1 is 1.00 bits per heavy atom. The van der Waals surface area contributed by atoms with E-state index in [4.69, 9.17) is 32.7 Å². The minimum Gasteiger partial charge on any atom is -0.448 e. The quantitative estimate of drug-likeness (QED) is 0.788. The lowest BCUT2D eigenvalue weighted by molar-refractivity contribution is -0.0716. The summed E-state index contributed by atoms with van der Waals surface area (Å²) >= 11 is 12.0. The summed E-state index contributed by atoms with van der Waals surface area (Å²) < 4.78 is 12.0. The number of hydrogen-bond donors (Lipinski definition) is 1. The molecule has 1 spiro atoms. The van der Waals surface area contributed by atoms with Crippen molar-refractivity contribution in [3.63, 3.8) is 0 Å². The van der Waals surface area contributed by atoms with Gasteiger partial charge in [-0.1, -0.05) is 23.2 Å². The number of rotatable bonds is 2. The average molecular weight is 364 g/mol. The van der Waals surface area contributed by atoms with Crippen LogP contribution in [0.4, 0.5) is 5.69 Å². The molecule has 2 aromatic carbocycles. The summed E-state index contributed by atoms with van der Waals surface area (Å²) in [5.74, 6) is 0.542. The Balaban J connectivity index is 1.54. The maximum Gasteiger partial charge on any atom is 0.257 e. The molecule has 6 heteroatoms. The first-order valence-electron chi connectivity index (χ1n) is 7.83. The van der Waals surface area contributed by atoms with Gasteiger partial charge in [0.15, 0.2) is 11.5 Å². The Labute approximate surface area is 149 Å². The molecule has 0 unspecified atom stereocenters. The lowest BCUT2D eigenvalue weighted by atomic mass is 10.2. The van der Waals surface area contributed by atoms with Crippen molar-refractivity contribution < 1.29 is 14.3 Å². The zero-order chi connectivity index (χ0) is 16.7.